The van der Waals surface area contributed by atoms with Crippen molar-refractivity contribution in [2.24, 2.45) is 4.99 Å². The van der Waals surface area contributed by atoms with Crippen LogP contribution in [0.15, 0.2) is 50.8 Å². The number of carbonyl (C=O) groups excluding carboxylic acids is 2. The van der Waals surface area contributed by atoms with Gasteiger partial charge in [0.2, 0.25) is 0 Å². The molecule has 7 heteroatoms. The molecule has 1 amide bonds. The van der Waals surface area contributed by atoms with E-state index < -0.39 is 11.9 Å². The third kappa shape index (κ3) is 2.95. The minimum atomic E-state index is -0.595. The number of aromatic nitrogens is 1. The van der Waals surface area contributed by atoms with Gasteiger partial charge in [-0.1, -0.05) is 47.3 Å². The summed E-state index contributed by atoms with van der Waals surface area (Å²) in [4.78, 5) is 27.5. The van der Waals surface area contributed by atoms with Crippen molar-refractivity contribution in [2.45, 2.75) is 6.92 Å². The van der Waals surface area contributed by atoms with Gasteiger partial charge in [-0.3, -0.25) is 4.79 Å². The number of nitrogens with zero attached hydrogens (tertiary/aromatic N) is 2. The van der Waals surface area contributed by atoms with Crippen molar-refractivity contribution < 1.29 is 18.8 Å². The van der Waals surface area contributed by atoms with Gasteiger partial charge in [0.05, 0.1) is 17.6 Å². The highest BCUT2D eigenvalue weighted by Crippen LogP contribution is 2.35. The molecule has 0 atom stereocenters. The van der Waals surface area contributed by atoms with E-state index in [2.05, 4.69) is 14.9 Å². The van der Waals surface area contributed by atoms with Crippen LogP contribution in [0.25, 0.3) is 11.3 Å². The van der Waals surface area contributed by atoms with Crippen molar-refractivity contribution in [3.8, 4) is 11.3 Å². The molecular weight excluding hydrogens is 316 g/mol. The van der Waals surface area contributed by atoms with E-state index in [1.54, 1.807) is 6.92 Å². The first-order chi connectivity index (χ1) is 11.1. The highest BCUT2D eigenvalue weighted by molar-refractivity contribution is 8.19. The molecule has 0 saturated heterocycles. The SMILES string of the molecule is COC(=O)/C=C1/SC(c2c(-c3ccccc3)noc2C)=NC1=O. The van der Waals surface area contributed by atoms with Crippen LogP contribution in [0.5, 0.6) is 0 Å². The number of ether oxygens (including phenoxy) is 1. The predicted molar refractivity (Wildman–Crippen MR) is 85.9 cm³/mol. The first kappa shape index (κ1) is 15.2. The van der Waals surface area contributed by atoms with Crippen LogP contribution in [0.3, 0.4) is 0 Å². The minimum absolute atomic E-state index is 0.214. The number of esters is 1. The van der Waals surface area contributed by atoms with Gasteiger partial charge in [-0.2, -0.15) is 0 Å². The molecule has 0 saturated carbocycles. The summed E-state index contributed by atoms with van der Waals surface area (Å²) in [6, 6.07) is 9.47. The maximum Gasteiger partial charge on any atom is 0.331 e. The van der Waals surface area contributed by atoms with Crippen molar-refractivity contribution in [1.29, 1.82) is 0 Å². The summed E-state index contributed by atoms with van der Waals surface area (Å²) in [5.41, 5.74) is 2.13. The molecular formula is C16H12N2O4S. The lowest BCUT2D eigenvalue weighted by molar-refractivity contribution is -0.135. The van der Waals surface area contributed by atoms with Crippen molar-refractivity contribution in [3.05, 3.63) is 52.6 Å². The Morgan fingerprint density at radius 3 is 2.74 bits per heavy atom. The van der Waals surface area contributed by atoms with Gasteiger partial charge in [0.1, 0.15) is 16.5 Å². The second-order valence-corrected chi connectivity index (χ2v) is 5.71. The van der Waals surface area contributed by atoms with E-state index in [4.69, 9.17) is 4.52 Å². The Kier molecular flexibility index (Phi) is 4.12. The normalized spacial score (nSPS) is 15.8. The van der Waals surface area contributed by atoms with Crippen LogP contribution in [0.2, 0.25) is 0 Å². The van der Waals surface area contributed by atoms with Crippen molar-refractivity contribution >= 4 is 28.7 Å². The minimum Gasteiger partial charge on any atom is -0.466 e. The molecule has 0 bridgehead atoms. The highest BCUT2D eigenvalue weighted by Gasteiger charge is 2.29. The Labute approximate surface area is 136 Å². The summed E-state index contributed by atoms with van der Waals surface area (Å²) in [6.07, 6.45) is 1.13. The molecule has 2 heterocycles. The van der Waals surface area contributed by atoms with Crippen LogP contribution in [-0.4, -0.2) is 29.2 Å². The van der Waals surface area contributed by atoms with Gasteiger partial charge >= 0.3 is 5.97 Å². The molecule has 0 aliphatic carbocycles. The predicted octanol–water partition coefficient (Wildman–Crippen LogP) is 2.73. The summed E-state index contributed by atoms with van der Waals surface area (Å²) < 4.78 is 9.81. The van der Waals surface area contributed by atoms with E-state index in [0.717, 1.165) is 23.4 Å². The van der Waals surface area contributed by atoms with Gasteiger partial charge in [-0.15, -0.1) is 0 Å². The second kappa shape index (κ2) is 6.21. The molecule has 23 heavy (non-hydrogen) atoms. The Balaban J connectivity index is 2.00. The van der Waals surface area contributed by atoms with E-state index in [0.29, 0.717) is 22.1 Å². The largest absolute Gasteiger partial charge is 0.466 e. The Morgan fingerprint density at radius 1 is 1.30 bits per heavy atom. The summed E-state index contributed by atoms with van der Waals surface area (Å²) >= 11 is 1.10. The number of amides is 1. The molecule has 1 aliphatic heterocycles. The summed E-state index contributed by atoms with van der Waals surface area (Å²) in [5.74, 6) is -0.514. The van der Waals surface area contributed by atoms with Gasteiger partial charge < -0.3 is 9.26 Å². The third-order valence-electron chi connectivity index (χ3n) is 3.19. The second-order valence-electron chi connectivity index (χ2n) is 4.68. The van der Waals surface area contributed by atoms with E-state index in [1.807, 2.05) is 30.3 Å². The first-order valence-electron chi connectivity index (χ1n) is 6.72. The maximum atomic E-state index is 12.0. The monoisotopic (exact) mass is 328 g/mol. The lowest BCUT2D eigenvalue weighted by atomic mass is 10.1. The quantitative estimate of drug-likeness (QED) is 0.636. The maximum absolute atomic E-state index is 12.0. The Morgan fingerprint density at radius 2 is 2.04 bits per heavy atom. The third-order valence-corrected chi connectivity index (χ3v) is 4.20. The van der Waals surface area contributed by atoms with Crippen LogP contribution >= 0.6 is 11.8 Å². The topological polar surface area (TPSA) is 81.8 Å². The number of aliphatic imine (C=N–C) groups is 1. The lowest BCUT2D eigenvalue weighted by Gasteiger charge is -2.01. The molecule has 1 aliphatic rings. The fourth-order valence-corrected chi connectivity index (χ4v) is 3.07. The van der Waals surface area contributed by atoms with E-state index >= 15 is 0 Å². The number of methoxy groups -OCH3 is 1. The zero-order chi connectivity index (χ0) is 16.4. The molecule has 3 rings (SSSR count). The summed E-state index contributed by atoms with van der Waals surface area (Å²) in [6.45, 7) is 1.75. The van der Waals surface area contributed by atoms with Crippen molar-refractivity contribution in [1.82, 2.24) is 5.16 Å². The number of carbonyl (C=O) groups is 2. The molecule has 0 N–H and O–H groups in total. The fraction of sp³-hybridized carbons (Fsp3) is 0.125. The molecule has 6 nitrogen and oxygen atoms in total. The lowest BCUT2D eigenvalue weighted by Crippen LogP contribution is -1.98. The van der Waals surface area contributed by atoms with Gasteiger partial charge in [0.15, 0.2) is 0 Å². The number of benzene rings is 1. The highest BCUT2D eigenvalue weighted by atomic mass is 32.2. The standard InChI is InChI=1S/C16H12N2O4S/c1-9-13(14(18-22-9)10-6-4-3-5-7-10)16-17-15(20)11(23-16)8-12(19)21-2/h3-8H,1-2H3/b11-8+. The number of hydrogen-bond acceptors (Lipinski definition) is 6. The summed E-state index contributed by atoms with van der Waals surface area (Å²) in [5, 5.41) is 4.53. The van der Waals surface area contributed by atoms with E-state index in [9.17, 15) is 9.59 Å². The van der Waals surface area contributed by atoms with Gasteiger partial charge in [-0.05, 0) is 6.92 Å². The van der Waals surface area contributed by atoms with Crippen LogP contribution in [0, 0.1) is 6.92 Å². The average molecular weight is 328 g/mol. The molecule has 0 radical (unpaired) electrons. The Hall–Kier alpha value is -2.67. The van der Waals surface area contributed by atoms with Crippen molar-refractivity contribution in [2.75, 3.05) is 7.11 Å². The number of aryl methyl sites for hydroxylation is 1. The number of thioether (sulfide) groups is 1. The van der Waals surface area contributed by atoms with Crippen LogP contribution < -0.4 is 0 Å². The smallest absolute Gasteiger partial charge is 0.331 e. The molecule has 0 unspecified atom stereocenters. The zero-order valence-corrected chi connectivity index (χ0v) is 13.2. The van der Waals surface area contributed by atoms with Crippen LogP contribution in [0.1, 0.15) is 11.3 Å². The molecule has 1 aromatic heterocycles. The Bertz CT molecular complexity index is 837. The van der Waals surface area contributed by atoms with Gasteiger partial charge in [0.25, 0.3) is 5.91 Å². The number of hydrogen-bond donors (Lipinski definition) is 0. The van der Waals surface area contributed by atoms with Gasteiger partial charge in [-0.25, -0.2) is 9.79 Å². The molecule has 116 valence electrons. The fourth-order valence-electron chi connectivity index (χ4n) is 2.10. The molecule has 0 spiro atoms. The summed E-state index contributed by atoms with van der Waals surface area (Å²) in [7, 11) is 1.25. The zero-order valence-electron chi connectivity index (χ0n) is 12.4. The van der Waals surface area contributed by atoms with Crippen LogP contribution in [-0.2, 0) is 14.3 Å². The molecule has 0 fully saturated rings. The van der Waals surface area contributed by atoms with Crippen molar-refractivity contribution in [3.63, 3.8) is 0 Å². The van der Waals surface area contributed by atoms with Crippen LogP contribution in [0.4, 0.5) is 0 Å². The number of rotatable bonds is 3. The van der Waals surface area contributed by atoms with Gasteiger partial charge in [0, 0.05) is 11.6 Å². The van der Waals surface area contributed by atoms with E-state index in [-0.39, 0.29) is 4.91 Å². The van der Waals surface area contributed by atoms with E-state index in [1.165, 1.54) is 7.11 Å². The average Bonchev–Trinajstić information content (AvgIpc) is 3.11. The molecule has 1 aromatic carbocycles. The first-order valence-corrected chi connectivity index (χ1v) is 7.54. The molecule has 2 aromatic rings.